The molecule has 6 nitrogen and oxygen atoms in total. The Kier molecular flexibility index (Phi) is 4.81. The molecule has 0 spiro atoms. The maximum Gasteiger partial charge on any atom is 0.241 e. The lowest BCUT2D eigenvalue weighted by Gasteiger charge is -2.02. The molecule has 1 heterocycles. The van der Waals surface area contributed by atoms with Crippen LogP contribution in [0.3, 0.4) is 0 Å². The molecule has 8 heteroatoms. The van der Waals surface area contributed by atoms with Gasteiger partial charge in [0.15, 0.2) is 0 Å². The summed E-state index contributed by atoms with van der Waals surface area (Å²) in [6.45, 7) is 0.363. The van der Waals surface area contributed by atoms with Gasteiger partial charge in [-0.05, 0) is 24.3 Å². The van der Waals surface area contributed by atoms with Crippen molar-refractivity contribution in [3.63, 3.8) is 0 Å². The van der Waals surface area contributed by atoms with E-state index >= 15 is 0 Å². The molecule has 0 saturated heterocycles. The Morgan fingerprint density at radius 3 is 2.96 bits per heavy atom. The molecule has 1 N–H and O–H groups in total. The summed E-state index contributed by atoms with van der Waals surface area (Å²) in [6, 6.07) is 11.8. The molecule has 2 aromatic carbocycles. The smallest absolute Gasteiger partial charge is 0.241 e. The Hall–Kier alpha value is -2.80. The number of carbonyl (C=O) groups excluding carboxylic acids is 1. The van der Waals surface area contributed by atoms with Gasteiger partial charge < -0.3 is 0 Å². The standard InChI is InChI=1S/C16H13ClFN5O/c17-12-4-3-5-13(18)11(12)10-19-21-16(24)8-9-23-15-7-2-1-6-14(15)20-22-23/h1-7,10H,8-9H2,(H,21,24). The van der Waals surface area contributed by atoms with Crippen molar-refractivity contribution in [2.45, 2.75) is 13.0 Å². The van der Waals surface area contributed by atoms with Gasteiger partial charge in [-0.3, -0.25) is 4.79 Å². The van der Waals surface area contributed by atoms with Gasteiger partial charge in [-0.2, -0.15) is 5.10 Å². The fourth-order valence-electron chi connectivity index (χ4n) is 2.15. The molecular weight excluding hydrogens is 333 g/mol. The second-order valence-corrected chi connectivity index (χ2v) is 5.39. The number of para-hydroxylation sites is 1. The van der Waals surface area contributed by atoms with E-state index in [9.17, 15) is 9.18 Å². The Morgan fingerprint density at radius 2 is 2.12 bits per heavy atom. The molecule has 0 aliphatic carbocycles. The first-order valence-electron chi connectivity index (χ1n) is 7.19. The molecular formula is C16H13ClFN5O. The number of rotatable bonds is 5. The molecule has 122 valence electrons. The van der Waals surface area contributed by atoms with Crippen LogP contribution in [-0.2, 0) is 11.3 Å². The maximum atomic E-state index is 13.6. The minimum atomic E-state index is -0.505. The summed E-state index contributed by atoms with van der Waals surface area (Å²) in [5.74, 6) is -0.826. The van der Waals surface area contributed by atoms with Crippen molar-refractivity contribution >= 4 is 34.8 Å². The fraction of sp³-hybridized carbons (Fsp3) is 0.125. The van der Waals surface area contributed by atoms with Crippen molar-refractivity contribution in [3.05, 3.63) is 58.9 Å². The highest BCUT2D eigenvalue weighted by Gasteiger charge is 2.07. The Morgan fingerprint density at radius 1 is 1.29 bits per heavy atom. The van der Waals surface area contributed by atoms with Crippen molar-refractivity contribution in [2.75, 3.05) is 0 Å². The van der Waals surface area contributed by atoms with Crippen molar-refractivity contribution < 1.29 is 9.18 Å². The third-order valence-electron chi connectivity index (χ3n) is 3.35. The molecule has 0 unspecified atom stereocenters. The van der Waals surface area contributed by atoms with Crippen LogP contribution in [0.5, 0.6) is 0 Å². The lowest BCUT2D eigenvalue weighted by atomic mass is 10.2. The molecule has 1 aromatic heterocycles. The zero-order chi connectivity index (χ0) is 16.9. The molecule has 0 aliphatic heterocycles. The first-order valence-corrected chi connectivity index (χ1v) is 7.57. The van der Waals surface area contributed by atoms with Crippen LogP contribution in [0.25, 0.3) is 11.0 Å². The van der Waals surface area contributed by atoms with E-state index in [1.165, 1.54) is 18.3 Å². The van der Waals surface area contributed by atoms with Crippen LogP contribution in [0, 0.1) is 5.82 Å². The maximum absolute atomic E-state index is 13.6. The number of fused-ring (bicyclic) bond motifs is 1. The summed E-state index contributed by atoms with van der Waals surface area (Å²) in [5.41, 5.74) is 4.09. The van der Waals surface area contributed by atoms with Crippen molar-refractivity contribution in [1.82, 2.24) is 20.4 Å². The van der Waals surface area contributed by atoms with Gasteiger partial charge in [0.1, 0.15) is 11.3 Å². The Labute approximate surface area is 141 Å². The zero-order valence-corrected chi connectivity index (χ0v) is 13.2. The highest BCUT2D eigenvalue weighted by molar-refractivity contribution is 6.33. The van der Waals surface area contributed by atoms with E-state index in [-0.39, 0.29) is 22.9 Å². The van der Waals surface area contributed by atoms with E-state index in [2.05, 4.69) is 20.8 Å². The number of hydrogen-bond acceptors (Lipinski definition) is 4. The average Bonchev–Trinajstić information content (AvgIpc) is 2.99. The normalized spacial score (nSPS) is 11.2. The zero-order valence-electron chi connectivity index (χ0n) is 12.5. The summed E-state index contributed by atoms with van der Waals surface area (Å²) in [6.07, 6.45) is 1.34. The van der Waals surface area contributed by atoms with E-state index in [0.717, 1.165) is 11.0 Å². The van der Waals surface area contributed by atoms with Gasteiger partial charge in [0.25, 0.3) is 0 Å². The summed E-state index contributed by atoms with van der Waals surface area (Å²) in [5, 5.41) is 12.0. The topological polar surface area (TPSA) is 72.2 Å². The van der Waals surface area contributed by atoms with Crippen molar-refractivity contribution in [2.24, 2.45) is 5.10 Å². The molecule has 0 saturated carbocycles. The van der Waals surface area contributed by atoms with Crippen LogP contribution in [0.2, 0.25) is 5.02 Å². The summed E-state index contributed by atoms with van der Waals surface area (Å²) in [4.78, 5) is 11.8. The average molecular weight is 346 g/mol. The van der Waals surface area contributed by atoms with Gasteiger partial charge in [-0.1, -0.05) is 35.0 Å². The van der Waals surface area contributed by atoms with Crippen LogP contribution in [0.1, 0.15) is 12.0 Å². The van der Waals surface area contributed by atoms with Crippen LogP contribution < -0.4 is 5.43 Å². The Balaban J connectivity index is 1.57. The van der Waals surface area contributed by atoms with Crippen molar-refractivity contribution in [3.8, 4) is 0 Å². The molecule has 0 atom stereocenters. The summed E-state index contributed by atoms with van der Waals surface area (Å²) in [7, 11) is 0. The van der Waals surface area contributed by atoms with Crippen LogP contribution in [0.15, 0.2) is 47.6 Å². The molecule has 0 bridgehead atoms. The SMILES string of the molecule is O=C(CCn1nnc2ccccc21)NN=Cc1c(F)cccc1Cl. The number of carbonyl (C=O) groups is 1. The van der Waals surface area contributed by atoms with E-state index < -0.39 is 5.82 Å². The number of halogens is 2. The number of hydrazone groups is 1. The molecule has 24 heavy (non-hydrogen) atoms. The molecule has 3 rings (SSSR count). The van der Waals surface area contributed by atoms with Gasteiger partial charge in [0.05, 0.1) is 23.3 Å². The summed E-state index contributed by atoms with van der Waals surface area (Å²) < 4.78 is 15.2. The molecule has 3 aromatic rings. The largest absolute Gasteiger partial charge is 0.273 e. The second-order valence-electron chi connectivity index (χ2n) is 4.98. The molecule has 1 amide bonds. The van der Waals surface area contributed by atoms with Gasteiger partial charge in [-0.25, -0.2) is 14.5 Å². The third-order valence-corrected chi connectivity index (χ3v) is 3.68. The number of aryl methyl sites for hydroxylation is 1. The number of nitrogens with one attached hydrogen (secondary N) is 1. The number of nitrogens with zero attached hydrogens (tertiary/aromatic N) is 4. The quantitative estimate of drug-likeness (QED) is 0.571. The van der Waals surface area contributed by atoms with E-state index in [4.69, 9.17) is 11.6 Å². The first kappa shape index (κ1) is 16.1. The third kappa shape index (κ3) is 3.57. The number of benzene rings is 2. The Bertz CT molecular complexity index is 888. The number of amides is 1. The first-order chi connectivity index (χ1) is 11.6. The monoisotopic (exact) mass is 345 g/mol. The highest BCUT2D eigenvalue weighted by atomic mass is 35.5. The predicted molar refractivity (Wildman–Crippen MR) is 89.3 cm³/mol. The highest BCUT2D eigenvalue weighted by Crippen LogP contribution is 2.16. The van der Waals surface area contributed by atoms with E-state index in [0.29, 0.717) is 6.54 Å². The predicted octanol–water partition coefficient (Wildman–Crippen LogP) is 2.76. The van der Waals surface area contributed by atoms with Crippen LogP contribution in [-0.4, -0.2) is 27.1 Å². The van der Waals surface area contributed by atoms with Gasteiger partial charge in [0, 0.05) is 12.0 Å². The van der Waals surface area contributed by atoms with Gasteiger partial charge in [-0.15, -0.1) is 5.10 Å². The van der Waals surface area contributed by atoms with Crippen LogP contribution in [0.4, 0.5) is 4.39 Å². The lowest BCUT2D eigenvalue weighted by molar-refractivity contribution is -0.121. The lowest BCUT2D eigenvalue weighted by Crippen LogP contribution is -2.19. The van der Waals surface area contributed by atoms with E-state index in [1.54, 1.807) is 10.7 Å². The van der Waals surface area contributed by atoms with Crippen molar-refractivity contribution in [1.29, 1.82) is 0 Å². The molecule has 0 aliphatic rings. The van der Waals surface area contributed by atoms with Gasteiger partial charge >= 0.3 is 0 Å². The number of aromatic nitrogens is 3. The van der Waals surface area contributed by atoms with E-state index in [1.807, 2.05) is 24.3 Å². The van der Waals surface area contributed by atoms with Crippen LogP contribution >= 0.6 is 11.6 Å². The minimum Gasteiger partial charge on any atom is -0.273 e. The fourth-order valence-corrected chi connectivity index (χ4v) is 2.36. The molecule has 0 fully saturated rings. The number of hydrogen-bond donors (Lipinski definition) is 1. The molecule has 0 radical (unpaired) electrons. The second kappa shape index (κ2) is 7.18. The van der Waals surface area contributed by atoms with Gasteiger partial charge in [0.2, 0.25) is 5.91 Å². The minimum absolute atomic E-state index is 0.127. The summed E-state index contributed by atoms with van der Waals surface area (Å²) >= 11 is 5.87.